The van der Waals surface area contributed by atoms with Crippen molar-refractivity contribution in [1.29, 1.82) is 0 Å². The Morgan fingerprint density at radius 1 is 0.731 bits per heavy atom. The van der Waals surface area contributed by atoms with Crippen molar-refractivity contribution in [2.45, 2.75) is 95.4 Å². The number of nitrogens with one attached hydrogen (secondary N) is 3. The van der Waals surface area contributed by atoms with Gasteiger partial charge in [0.2, 0.25) is 17.7 Å². The average Bonchev–Trinajstić information content (AvgIpc) is 3.50. The highest BCUT2D eigenvalue weighted by atomic mass is 19.1. The van der Waals surface area contributed by atoms with E-state index in [-0.39, 0.29) is 53.1 Å². The van der Waals surface area contributed by atoms with Gasteiger partial charge in [-0.15, -0.1) is 0 Å². The zero-order valence-electron chi connectivity index (χ0n) is 45.1. The van der Waals surface area contributed by atoms with Crippen LogP contribution in [0.2, 0.25) is 0 Å². The van der Waals surface area contributed by atoms with E-state index >= 15 is 4.39 Å². The van der Waals surface area contributed by atoms with E-state index in [4.69, 9.17) is 0 Å². The number of amides is 5. The van der Waals surface area contributed by atoms with Crippen LogP contribution in [-0.4, -0.2) is 198 Å². The van der Waals surface area contributed by atoms with Crippen molar-refractivity contribution in [3.8, 4) is 0 Å². The van der Waals surface area contributed by atoms with Gasteiger partial charge in [0, 0.05) is 120 Å². The topological polar surface area (TPSA) is 199 Å². The number of fused-ring (bicyclic) bond motifs is 1. The van der Waals surface area contributed by atoms with Gasteiger partial charge in [-0.1, -0.05) is 49.6 Å². The molecule has 416 valence electrons. The van der Waals surface area contributed by atoms with Crippen LogP contribution in [0.1, 0.15) is 121 Å². The van der Waals surface area contributed by atoms with Gasteiger partial charge in [-0.2, -0.15) is 5.10 Å². The predicted molar refractivity (Wildman–Crippen MR) is 297 cm³/mol. The number of H-pyrrole nitrogens is 1. The van der Waals surface area contributed by atoms with Crippen molar-refractivity contribution in [2.24, 2.45) is 21.8 Å². The van der Waals surface area contributed by atoms with Crippen molar-refractivity contribution in [3.05, 3.63) is 97.0 Å². The summed E-state index contributed by atoms with van der Waals surface area (Å²) < 4.78 is 15.2. The molecule has 1 aromatic heterocycles. The molecule has 0 spiro atoms. The molecule has 5 aliphatic heterocycles. The van der Waals surface area contributed by atoms with Gasteiger partial charge in [0.15, 0.2) is 0 Å². The van der Waals surface area contributed by atoms with Crippen molar-refractivity contribution in [3.63, 3.8) is 0 Å². The first kappa shape index (κ1) is 54.9. The number of halogens is 1. The number of hydrogen-bond donors (Lipinski definition) is 3. The third-order valence-electron chi connectivity index (χ3n) is 17.2. The van der Waals surface area contributed by atoms with E-state index in [0.29, 0.717) is 94.3 Å². The molecular formula is C59H77FN12O6. The minimum absolute atomic E-state index is 0.0104. The lowest BCUT2D eigenvalue weighted by Gasteiger charge is -2.41. The first-order valence-electron chi connectivity index (χ1n) is 28.8. The molecular weight excluding hydrogens is 992 g/mol. The standard InChI is InChI=1S/C59H77FN12O6/c60-50-17-16-42(34-51-47-14-4-5-15-48(47)57(76)66-65-51)33-49(50)58(77)70-31-29-69(30-32-70)54(74)40-67-23-18-41(19-24-67)38-68-25-27-71(28-26-68)59(78)55(43-9-2-1-3-10-43)64-56(75)45-12-6-11-44(35-45)46-13-7-22-72(39-46)53(73)37-61-36-52-62-20-8-21-63-52/h6,11-12,14-17,20,33,35,41,43,46,55,61H,1-5,7-10,13,18-19,21-32,34,36-40H2,(H,64,75)(H,66,76). The second kappa shape index (κ2) is 26.0. The van der Waals surface area contributed by atoms with Crippen molar-refractivity contribution >= 4 is 53.7 Å². The van der Waals surface area contributed by atoms with Crippen LogP contribution in [0, 0.1) is 17.7 Å². The minimum atomic E-state index is -0.596. The molecule has 4 saturated heterocycles. The molecule has 1 saturated carbocycles. The lowest BCUT2D eigenvalue weighted by molar-refractivity contribution is -0.137. The molecule has 2 aromatic carbocycles. The van der Waals surface area contributed by atoms with Gasteiger partial charge in [0.05, 0.1) is 30.9 Å². The largest absolute Gasteiger partial charge is 0.341 e. The SMILES string of the molecule is O=C(NC(C(=O)N1CCN(CC2CCN(CC(=O)N3CCN(C(=O)c4cc(Cc5n[nH]c(=O)c6c5=CCCC=6)ccc4F)CC3)CC2)CC1)C1CCCCC1)c1cccc(C2CCCN(C(=O)CNCC3=NCCC=N3)C2)c1. The van der Waals surface area contributed by atoms with E-state index in [0.717, 1.165) is 138 Å². The summed E-state index contributed by atoms with van der Waals surface area (Å²) in [7, 11) is 0. The van der Waals surface area contributed by atoms with E-state index in [9.17, 15) is 28.8 Å². The maximum Gasteiger partial charge on any atom is 0.271 e. The number of carbonyl (C=O) groups excluding carboxylic acids is 5. The fourth-order valence-electron chi connectivity index (χ4n) is 12.7. The lowest BCUT2D eigenvalue weighted by Crippen LogP contribution is -2.57. The highest BCUT2D eigenvalue weighted by Gasteiger charge is 2.37. The number of aliphatic imine (C=N–C) groups is 2. The third kappa shape index (κ3) is 13.7. The number of carbonyl (C=O) groups is 5. The molecule has 5 amide bonds. The lowest BCUT2D eigenvalue weighted by atomic mass is 9.83. The summed E-state index contributed by atoms with van der Waals surface area (Å²) in [5.74, 6) is 0.301. The molecule has 0 bridgehead atoms. The summed E-state index contributed by atoms with van der Waals surface area (Å²) in [6.45, 7) is 9.84. The Morgan fingerprint density at radius 3 is 2.26 bits per heavy atom. The smallest absolute Gasteiger partial charge is 0.271 e. The summed E-state index contributed by atoms with van der Waals surface area (Å²) in [4.78, 5) is 102. The average molecular weight is 1070 g/mol. The molecule has 18 nitrogen and oxygen atoms in total. The maximum absolute atomic E-state index is 15.2. The number of nitrogens with zero attached hydrogens (tertiary/aromatic N) is 9. The Bertz CT molecular complexity index is 2920. The Morgan fingerprint density at radius 2 is 1.49 bits per heavy atom. The molecule has 10 rings (SSSR count). The second-order valence-electron chi connectivity index (χ2n) is 22.5. The molecule has 6 heterocycles. The number of rotatable bonds is 16. The van der Waals surface area contributed by atoms with Crippen molar-refractivity contribution in [1.82, 2.24) is 50.2 Å². The summed E-state index contributed by atoms with van der Waals surface area (Å²) in [6.07, 6.45) is 17.4. The minimum Gasteiger partial charge on any atom is -0.341 e. The number of amidine groups is 1. The van der Waals surface area contributed by atoms with Crippen molar-refractivity contribution in [2.75, 3.05) is 111 Å². The molecule has 2 atom stereocenters. The number of aromatic nitrogens is 2. The molecule has 3 N–H and O–H groups in total. The number of aromatic amines is 1. The van der Waals surface area contributed by atoms with E-state index in [1.807, 2.05) is 57.3 Å². The Labute approximate surface area is 456 Å². The summed E-state index contributed by atoms with van der Waals surface area (Å²) >= 11 is 0. The van der Waals surface area contributed by atoms with Gasteiger partial charge in [-0.25, -0.2) is 14.5 Å². The van der Waals surface area contributed by atoms with Crippen LogP contribution in [0.3, 0.4) is 0 Å². The molecule has 0 radical (unpaired) electrons. The predicted octanol–water partition coefficient (Wildman–Crippen LogP) is 2.54. The van der Waals surface area contributed by atoms with Crippen LogP contribution < -0.4 is 26.6 Å². The fourth-order valence-corrected chi connectivity index (χ4v) is 12.7. The summed E-state index contributed by atoms with van der Waals surface area (Å²) in [5, 5.41) is 14.7. The monoisotopic (exact) mass is 1070 g/mol. The Hall–Kier alpha value is -6.44. The number of benzene rings is 2. The zero-order chi connectivity index (χ0) is 54.0. The third-order valence-corrected chi connectivity index (χ3v) is 17.2. The zero-order valence-corrected chi connectivity index (χ0v) is 45.1. The van der Waals surface area contributed by atoms with E-state index in [1.165, 1.54) is 6.07 Å². The van der Waals surface area contributed by atoms with Gasteiger partial charge in [0.25, 0.3) is 17.4 Å². The molecule has 19 heteroatoms. The van der Waals surface area contributed by atoms with Crippen LogP contribution in [-0.2, 0) is 20.8 Å². The van der Waals surface area contributed by atoms with Crippen LogP contribution in [0.15, 0.2) is 57.2 Å². The Kier molecular flexibility index (Phi) is 18.3. The Balaban J connectivity index is 0.650. The second-order valence-corrected chi connectivity index (χ2v) is 22.5. The first-order chi connectivity index (χ1) is 38.0. The van der Waals surface area contributed by atoms with Crippen LogP contribution >= 0.6 is 0 Å². The van der Waals surface area contributed by atoms with Gasteiger partial charge in [0.1, 0.15) is 17.7 Å². The highest BCUT2D eigenvalue weighted by Crippen LogP contribution is 2.30. The maximum atomic E-state index is 15.2. The first-order valence-corrected chi connectivity index (χ1v) is 28.8. The molecule has 2 unspecified atom stereocenters. The van der Waals surface area contributed by atoms with Crippen LogP contribution in [0.25, 0.3) is 12.2 Å². The van der Waals surface area contributed by atoms with Crippen LogP contribution in [0.4, 0.5) is 4.39 Å². The quantitative estimate of drug-likeness (QED) is 0.192. The van der Waals surface area contributed by atoms with E-state index < -0.39 is 17.8 Å². The highest BCUT2D eigenvalue weighted by molar-refractivity contribution is 5.98. The molecule has 78 heavy (non-hydrogen) atoms. The fraction of sp³-hybridized carbons (Fsp3) is 0.576. The van der Waals surface area contributed by atoms with Crippen LogP contribution in [0.5, 0.6) is 0 Å². The van der Waals surface area contributed by atoms with Gasteiger partial charge in [-0.3, -0.25) is 43.6 Å². The number of piperidine rings is 2. The van der Waals surface area contributed by atoms with E-state index in [1.54, 1.807) is 17.0 Å². The molecule has 7 aliphatic rings. The molecule has 5 fully saturated rings. The number of likely N-dealkylation sites (tertiary alicyclic amines) is 2. The normalized spacial score (nSPS) is 21.2. The number of piperazine rings is 2. The summed E-state index contributed by atoms with van der Waals surface area (Å²) in [6, 6.07) is 11.7. The van der Waals surface area contributed by atoms with E-state index in [2.05, 4.69) is 40.6 Å². The van der Waals surface area contributed by atoms with Gasteiger partial charge < -0.3 is 30.2 Å². The molecule has 2 aliphatic carbocycles. The van der Waals surface area contributed by atoms with Crippen molar-refractivity contribution < 1.29 is 28.4 Å². The molecule has 3 aromatic rings. The summed E-state index contributed by atoms with van der Waals surface area (Å²) in [5.41, 5.74) is 2.73. The van der Waals surface area contributed by atoms with Gasteiger partial charge >= 0.3 is 0 Å². The number of hydrogen-bond acceptors (Lipinski definition) is 12. The van der Waals surface area contributed by atoms with Gasteiger partial charge in [-0.05, 0) is 112 Å².